The van der Waals surface area contributed by atoms with Crippen LogP contribution in [0.25, 0.3) is 0 Å². The van der Waals surface area contributed by atoms with Gasteiger partial charge in [-0.15, -0.1) is 0 Å². The molecule has 0 atom stereocenters. The number of nitrogens with one attached hydrogen (secondary N) is 1. The van der Waals surface area contributed by atoms with E-state index in [1.807, 2.05) is 0 Å². The van der Waals surface area contributed by atoms with Crippen molar-refractivity contribution >= 4 is 15.7 Å². The summed E-state index contributed by atoms with van der Waals surface area (Å²) in [4.78, 5) is 0.355. The number of hydrogen-bond acceptors (Lipinski definition) is 3. The van der Waals surface area contributed by atoms with E-state index < -0.39 is 10.0 Å². The van der Waals surface area contributed by atoms with Crippen LogP contribution in [0.15, 0.2) is 23.1 Å². The van der Waals surface area contributed by atoms with Crippen molar-refractivity contribution in [1.82, 2.24) is 4.72 Å². The Labute approximate surface area is 76.8 Å². The van der Waals surface area contributed by atoms with Gasteiger partial charge in [-0.05, 0) is 30.2 Å². The zero-order valence-corrected chi connectivity index (χ0v) is 7.76. The van der Waals surface area contributed by atoms with Gasteiger partial charge in [0.1, 0.15) is 0 Å². The molecule has 1 aliphatic rings. The molecule has 0 unspecified atom stereocenters. The number of sulfonamides is 1. The van der Waals surface area contributed by atoms with Crippen molar-refractivity contribution in [3.8, 4) is 0 Å². The zero-order valence-electron chi connectivity index (χ0n) is 6.95. The Bertz CT molecular complexity index is 439. The van der Waals surface area contributed by atoms with Crippen LogP contribution in [0.3, 0.4) is 0 Å². The smallest absolute Gasteiger partial charge is 0.240 e. The van der Waals surface area contributed by atoms with E-state index >= 15 is 0 Å². The van der Waals surface area contributed by atoms with Crippen molar-refractivity contribution in [3.05, 3.63) is 23.8 Å². The zero-order chi connectivity index (χ0) is 9.47. The Morgan fingerprint density at radius 1 is 1.38 bits per heavy atom. The van der Waals surface area contributed by atoms with E-state index in [9.17, 15) is 8.42 Å². The summed E-state index contributed by atoms with van der Waals surface area (Å²) in [6.45, 7) is 0.457. The first-order valence-electron chi connectivity index (χ1n) is 3.98. The van der Waals surface area contributed by atoms with E-state index in [-0.39, 0.29) is 0 Å². The number of hydrogen-bond donors (Lipinski definition) is 2. The van der Waals surface area contributed by atoms with Gasteiger partial charge in [0.25, 0.3) is 0 Å². The summed E-state index contributed by atoms with van der Waals surface area (Å²) < 4.78 is 25.3. The molecule has 1 aliphatic heterocycles. The van der Waals surface area contributed by atoms with Gasteiger partial charge in [0, 0.05) is 12.2 Å². The van der Waals surface area contributed by atoms with Crippen molar-refractivity contribution in [3.63, 3.8) is 0 Å². The highest BCUT2D eigenvalue weighted by Gasteiger charge is 2.22. The van der Waals surface area contributed by atoms with Crippen LogP contribution >= 0.6 is 0 Å². The van der Waals surface area contributed by atoms with E-state index in [0.29, 0.717) is 23.5 Å². The second kappa shape index (κ2) is 2.71. The van der Waals surface area contributed by atoms with Crippen LogP contribution in [0.4, 0.5) is 5.69 Å². The maximum absolute atomic E-state index is 11.4. The molecule has 0 radical (unpaired) electrons. The molecule has 0 fully saturated rings. The second-order valence-corrected chi connectivity index (χ2v) is 4.75. The number of benzene rings is 1. The SMILES string of the molecule is Nc1ccc2c(c1)CCNS2(=O)=O. The van der Waals surface area contributed by atoms with Crippen molar-refractivity contribution in [2.24, 2.45) is 0 Å². The summed E-state index contributed by atoms with van der Waals surface area (Å²) in [5.74, 6) is 0. The molecular formula is C8H10N2O2S. The predicted molar refractivity (Wildman–Crippen MR) is 49.7 cm³/mol. The first kappa shape index (κ1) is 8.52. The molecule has 1 aromatic rings. The molecule has 0 saturated carbocycles. The molecule has 13 heavy (non-hydrogen) atoms. The van der Waals surface area contributed by atoms with Crippen LogP contribution in [0.1, 0.15) is 5.56 Å². The standard InChI is InChI=1S/C8H10N2O2S/c9-7-1-2-8-6(5-7)3-4-10-13(8,11)12/h1-2,5,10H,3-4,9H2. The topological polar surface area (TPSA) is 72.2 Å². The largest absolute Gasteiger partial charge is 0.399 e. The monoisotopic (exact) mass is 198 g/mol. The minimum absolute atomic E-state index is 0.355. The van der Waals surface area contributed by atoms with E-state index in [0.717, 1.165) is 5.56 Å². The molecule has 3 N–H and O–H groups in total. The van der Waals surface area contributed by atoms with E-state index in [1.54, 1.807) is 18.2 Å². The van der Waals surface area contributed by atoms with Crippen molar-refractivity contribution in [2.45, 2.75) is 11.3 Å². The van der Waals surface area contributed by atoms with E-state index in [1.165, 1.54) is 0 Å². The van der Waals surface area contributed by atoms with Gasteiger partial charge in [-0.3, -0.25) is 0 Å². The van der Waals surface area contributed by atoms with Crippen LogP contribution in [0, 0.1) is 0 Å². The van der Waals surface area contributed by atoms with Gasteiger partial charge >= 0.3 is 0 Å². The maximum Gasteiger partial charge on any atom is 0.240 e. The lowest BCUT2D eigenvalue weighted by Crippen LogP contribution is -2.31. The van der Waals surface area contributed by atoms with E-state index in [4.69, 9.17) is 5.73 Å². The number of rotatable bonds is 0. The highest BCUT2D eigenvalue weighted by atomic mass is 32.2. The minimum atomic E-state index is -3.26. The Balaban J connectivity index is 2.66. The molecule has 0 saturated heterocycles. The Morgan fingerprint density at radius 2 is 2.15 bits per heavy atom. The quantitative estimate of drug-likeness (QED) is 0.581. The molecule has 0 spiro atoms. The lowest BCUT2D eigenvalue weighted by atomic mass is 10.1. The summed E-state index contributed by atoms with van der Waals surface area (Å²) in [5, 5.41) is 0. The summed E-state index contributed by atoms with van der Waals surface area (Å²) in [6, 6.07) is 4.86. The molecule has 5 heteroatoms. The highest BCUT2D eigenvalue weighted by Crippen LogP contribution is 2.21. The van der Waals surface area contributed by atoms with Gasteiger partial charge in [-0.1, -0.05) is 0 Å². The number of nitrogens with two attached hydrogens (primary N) is 1. The van der Waals surface area contributed by atoms with Gasteiger partial charge in [-0.25, -0.2) is 13.1 Å². The third-order valence-corrected chi connectivity index (χ3v) is 3.62. The van der Waals surface area contributed by atoms with Crippen LogP contribution in [0.2, 0.25) is 0 Å². The van der Waals surface area contributed by atoms with Crippen molar-refractivity contribution < 1.29 is 8.42 Å². The normalized spacial score (nSPS) is 19.4. The van der Waals surface area contributed by atoms with Crippen LogP contribution in [0.5, 0.6) is 0 Å². The molecule has 0 aliphatic carbocycles. The predicted octanol–water partition coefficient (Wildman–Crippen LogP) is 0.103. The molecule has 0 bridgehead atoms. The number of nitrogen functional groups attached to an aromatic ring is 1. The van der Waals surface area contributed by atoms with Gasteiger partial charge in [0.05, 0.1) is 4.90 Å². The number of fused-ring (bicyclic) bond motifs is 1. The number of anilines is 1. The molecule has 2 rings (SSSR count). The average molecular weight is 198 g/mol. The first-order chi connectivity index (χ1) is 6.09. The lowest BCUT2D eigenvalue weighted by molar-refractivity contribution is 0.573. The summed E-state index contributed by atoms with van der Waals surface area (Å²) in [6.07, 6.45) is 0.708. The minimum Gasteiger partial charge on any atom is -0.399 e. The molecule has 1 heterocycles. The molecular weight excluding hydrogens is 188 g/mol. The van der Waals surface area contributed by atoms with E-state index in [2.05, 4.69) is 4.72 Å². The van der Waals surface area contributed by atoms with Crippen molar-refractivity contribution in [1.29, 1.82) is 0 Å². The summed E-state index contributed by atoms with van der Waals surface area (Å²) >= 11 is 0. The van der Waals surface area contributed by atoms with Crippen LogP contribution < -0.4 is 10.5 Å². The van der Waals surface area contributed by atoms with Crippen LogP contribution in [-0.4, -0.2) is 15.0 Å². The molecule has 1 aromatic carbocycles. The van der Waals surface area contributed by atoms with Crippen LogP contribution in [-0.2, 0) is 16.4 Å². The summed E-state index contributed by atoms with van der Waals surface area (Å²) in [5.41, 5.74) is 6.97. The third kappa shape index (κ3) is 1.40. The summed E-state index contributed by atoms with van der Waals surface area (Å²) in [7, 11) is -3.26. The van der Waals surface area contributed by atoms with Gasteiger partial charge in [0.2, 0.25) is 10.0 Å². The van der Waals surface area contributed by atoms with Crippen molar-refractivity contribution in [2.75, 3.05) is 12.3 Å². The highest BCUT2D eigenvalue weighted by molar-refractivity contribution is 7.89. The second-order valence-electron chi connectivity index (χ2n) is 3.01. The Kier molecular flexibility index (Phi) is 1.78. The molecule has 0 amide bonds. The third-order valence-electron chi connectivity index (χ3n) is 2.06. The fourth-order valence-corrected chi connectivity index (χ4v) is 2.73. The van der Waals surface area contributed by atoms with Gasteiger partial charge in [-0.2, -0.15) is 0 Å². The van der Waals surface area contributed by atoms with Gasteiger partial charge in [0.15, 0.2) is 0 Å². The lowest BCUT2D eigenvalue weighted by Gasteiger charge is -2.17. The molecule has 4 nitrogen and oxygen atoms in total. The average Bonchev–Trinajstić information content (AvgIpc) is 2.02. The van der Waals surface area contributed by atoms with Gasteiger partial charge < -0.3 is 5.73 Å². The fourth-order valence-electron chi connectivity index (χ4n) is 1.45. The molecule has 0 aromatic heterocycles. The first-order valence-corrected chi connectivity index (χ1v) is 5.46. The maximum atomic E-state index is 11.4. The fraction of sp³-hybridized carbons (Fsp3) is 0.250. The Morgan fingerprint density at radius 3 is 2.92 bits per heavy atom. The molecule has 70 valence electrons. The Hall–Kier alpha value is -1.07.